The summed E-state index contributed by atoms with van der Waals surface area (Å²) in [6, 6.07) is 0. The molecule has 2 atom stereocenters. The van der Waals surface area contributed by atoms with E-state index in [4.69, 9.17) is 0 Å². The molecule has 0 amide bonds. The zero-order valence-corrected chi connectivity index (χ0v) is 12.2. The number of rotatable bonds is 4. The Balaban J connectivity index is 2.18. The summed E-state index contributed by atoms with van der Waals surface area (Å²) in [5, 5.41) is 3.35. The monoisotopic (exact) mass is 249 g/mol. The molecule has 18 heavy (non-hydrogen) atoms. The lowest BCUT2D eigenvalue weighted by Crippen LogP contribution is -2.34. The van der Waals surface area contributed by atoms with Gasteiger partial charge in [-0.05, 0) is 51.1 Å². The van der Waals surface area contributed by atoms with E-state index in [1.54, 1.807) is 0 Å². The lowest BCUT2D eigenvalue weighted by Gasteiger charge is -2.40. The van der Waals surface area contributed by atoms with Gasteiger partial charge in [0, 0.05) is 18.7 Å². The zero-order valence-electron chi connectivity index (χ0n) is 12.2. The smallest absolute Gasteiger partial charge is 0.0949 e. The third kappa shape index (κ3) is 2.94. The number of imidazole rings is 1. The Bertz CT molecular complexity index is 381. The second kappa shape index (κ2) is 5.43. The largest absolute Gasteiger partial charge is 0.337 e. The maximum Gasteiger partial charge on any atom is 0.0949 e. The van der Waals surface area contributed by atoms with E-state index in [9.17, 15) is 0 Å². The van der Waals surface area contributed by atoms with Crippen LogP contribution in [-0.2, 0) is 6.54 Å². The summed E-state index contributed by atoms with van der Waals surface area (Å²) in [5.74, 6) is 1.36. The van der Waals surface area contributed by atoms with Crippen LogP contribution in [-0.4, -0.2) is 23.1 Å². The molecule has 0 spiro atoms. The van der Waals surface area contributed by atoms with Gasteiger partial charge in [-0.1, -0.05) is 13.8 Å². The van der Waals surface area contributed by atoms with Crippen molar-refractivity contribution in [3.05, 3.63) is 18.2 Å². The Morgan fingerprint density at radius 2 is 2.28 bits per heavy atom. The molecular weight excluding hydrogens is 222 g/mol. The third-order valence-electron chi connectivity index (χ3n) is 4.40. The third-order valence-corrected chi connectivity index (χ3v) is 4.40. The normalized spacial score (nSPS) is 27.3. The second-order valence-corrected chi connectivity index (χ2v) is 6.46. The van der Waals surface area contributed by atoms with Crippen LogP contribution in [0.15, 0.2) is 12.5 Å². The van der Waals surface area contributed by atoms with Crippen molar-refractivity contribution in [2.45, 2.75) is 52.5 Å². The fourth-order valence-corrected chi connectivity index (χ4v) is 3.24. The fourth-order valence-electron chi connectivity index (χ4n) is 3.24. The van der Waals surface area contributed by atoms with Crippen molar-refractivity contribution in [2.24, 2.45) is 11.3 Å². The first kappa shape index (κ1) is 13.6. The summed E-state index contributed by atoms with van der Waals surface area (Å²) in [4.78, 5) is 4.64. The molecule has 1 aliphatic rings. The summed E-state index contributed by atoms with van der Waals surface area (Å²) in [6.07, 6.45) is 8.14. The molecule has 1 aromatic rings. The van der Waals surface area contributed by atoms with E-state index < -0.39 is 0 Å². The Labute approximate surface area is 111 Å². The average molecular weight is 249 g/mol. The molecule has 102 valence electrons. The van der Waals surface area contributed by atoms with Crippen LogP contribution in [0, 0.1) is 11.3 Å². The predicted octanol–water partition coefficient (Wildman–Crippen LogP) is 3.03. The van der Waals surface area contributed by atoms with Gasteiger partial charge in [0.1, 0.15) is 0 Å². The summed E-state index contributed by atoms with van der Waals surface area (Å²) in [7, 11) is 2.06. The molecule has 0 saturated heterocycles. The van der Waals surface area contributed by atoms with Crippen LogP contribution < -0.4 is 5.32 Å². The maximum absolute atomic E-state index is 4.64. The van der Waals surface area contributed by atoms with E-state index >= 15 is 0 Å². The molecule has 1 aromatic heterocycles. The minimum Gasteiger partial charge on any atom is -0.337 e. The van der Waals surface area contributed by atoms with Gasteiger partial charge >= 0.3 is 0 Å². The first-order valence-corrected chi connectivity index (χ1v) is 7.22. The van der Waals surface area contributed by atoms with Crippen LogP contribution in [0.5, 0.6) is 0 Å². The van der Waals surface area contributed by atoms with E-state index in [1.165, 1.54) is 25.0 Å². The highest BCUT2D eigenvalue weighted by atomic mass is 15.0. The van der Waals surface area contributed by atoms with E-state index in [2.05, 4.69) is 48.9 Å². The van der Waals surface area contributed by atoms with Crippen molar-refractivity contribution in [3.8, 4) is 0 Å². The Morgan fingerprint density at radius 3 is 2.89 bits per heavy atom. The highest BCUT2D eigenvalue weighted by Gasteiger charge is 2.36. The van der Waals surface area contributed by atoms with Gasteiger partial charge in [0.2, 0.25) is 0 Å². The van der Waals surface area contributed by atoms with Crippen molar-refractivity contribution >= 4 is 0 Å². The van der Waals surface area contributed by atoms with E-state index in [-0.39, 0.29) is 0 Å². The number of aryl methyl sites for hydroxylation is 1. The van der Waals surface area contributed by atoms with Crippen LogP contribution in [0.25, 0.3) is 0 Å². The first-order valence-electron chi connectivity index (χ1n) is 7.22. The molecule has 3 heteroatoms. The molecule has 3 nitrogen and oxygen atoms in total. The highest BCUT2D eigenvalue weighted by Crippen LogP contribution is 2.45. The van der Waals surface area contributed by atoms with Crippen molar-refractivity contribution in [1.82, 2.24) is 14.9 Å². The lowest BCUT2D eigenvalue weighted by molar-refractivity contribution is 0.159. The molecule has 1 aliphatic carbocycles. The molecule has 0 bridgehead atoms. The number of hydrogen-bond donors (Lipinski definition) is 1. The summed E-state index contributed by atoms with van der Waals surface area (Å²) in [6.45, 7) is 9.08. The molecule has 1 saturated carbocycles. The van der Waals surface area contributed by atoms with Gasteiger partial charge in [-0.2, -0.15) is 0 Å². The van der Waals surface area contributed by atoms with E-state index in [0.29, 0.717) is 11.3 Å². The Kier molecular flexibility index (Phi) is 4.10. The standard InChI is InChI=1S/C15H27N3/c1-5-18-10-14(17-11-18)13-8-15(2,3)7-6-12(13)9-16-4/h10-13,16H,5-9H2,1-4H3. The number of aromatic nitrogens is 2. The first-order chi connectivity index (χ1) is 8.55. The van der Waals surface area contributed by atoms with Crippen molar-refractivity contribution < 1.29 is 0 Å². The van der Waals surface area contributed by atoms with Crippen molar-refractivity contribution in [2.75, 3.05) is 13.6 Å². The topological polar surface area (TPSA) is 29.9 Å². The van der Waals surface area contributed by atoms with Gasteiger partial charge in [-0.3, -0.25) is 0 Å². The summed E-state index contributed by atoms with van der Waals surface area (Å²) >= 11 is 0. The average Bonchev–Trinajstić information content (AvgIpc) is 2.80. The maximum atomic E-state index is 4.64. The predicted molar refractivity (Wildman–Crippen MR) is 75.7 cm³/mol. The van der Waals surface area contributed by atoms with Crippen molar-refractivity contribution in [1.29, 1.82) is 0 Å². The molecule has 2 unspecified atom stereocenters. The Morgan fingerprint density at radius 1 is 1.50 bits per heavy atom. The highest BCUT2D eigenvalue weighted by molar-refractivity contribution is 5.10. The van der Waals surface area contributed by atoms with E-state index in [0.717, 1.165) is 19.0 Å². The molecular formula is C15H27N3. The number of nitrogens with zero attached hydrogens (tertiary/aromatic N) is 2. The number of hydrogen-bond acceptors (Lipinski definition) is 2. The zero-order chi connectivity index (χ0) is 13.2. The van der Waals surface area contributed by atoms with E-state index in [1.807, 2.05) is 6.33 Å². The second-order valence-electron chi connectivity index (χ2n) is 6.46. The molecule has 0 radical (unpaired) electrons. The molecule has 1 heterocycles. The fraction of sp³-hybridized carbons (Fsp3) is 0.800. The van der Waals surface area contributed by atoms with Crippen molar-refractivity contribution in [3.63, 3.8) is 0 Å². The minimum absolute atomic E-state index is 0.463. The summed E-state index contributed by atoms with van der Waals surface area (Å²) < 4.78 is 2.19. The molecule has 1 N–H and O–H groups in total. The van der Waals surface area contributed by atoms with Gasteiger partial charge in [-0.25, -0.2) is 4.98 Å². The minimum atomic E-state index is 0.463. The molecule has 0 aromatic carbocycles. The number of nitrogens with one attached hydrogen (secondary N) is 1. The Hall–Kier alpha value is -0.830. The van der Waals surface area contributed by atoms with Crippen LogP contribution in [0.4, 0.5) is 0 Å². The molecule has 1 fully saturated rings. The van der Waals surface area contributed by atoms with Crippen LogP contribution >= 0.6 is 0 Å². The van der Waals surface area contributed by atoms with Crippen LogP contribution in [0.1, 0.15) is 51.6 Å². The summed E-state index contributed by atoms with van der Waals surface area (Å²) in [5.41, 5.74) is 1.76. The lowest BCUT2D eigenvalue weighted by atomic mass is 9.66. The van der Waals surface area contributed by atoms with Crippen LogP contribution in [0.3, 0.4) is 0 Å². The van der Waals surface area contributed by atoms with Gasteiger partial charge in [0.15, 0.2) is 0 Å². The van der Waals surface area contributed by atoms with Gasteiger partial charge in [-0.15, -0.1) is 0 Å². The molecule has 2 rings (SSSR count). The SMILES string of the molecule is CCn1cnc(C2CC(C)(C)CCC2CNC)c1. The quantitative estimate of drug-likeness (QED) is 0.889. The van der Waals surface area contributed by atoms with Gasteiger partial charge in [0.25, 0.3) is 0 Å². The van der Waals surface area contributed by atoms with Crippen LogP contribution in [0.2, 0.25) is 0 Å². The van der Waals surface area contributed by atoms with Gasteiger partial charge in [0.05, 0.1) is 12.0 Å². The molecule has 0 aliphatic heterocycles. The van der Waals surface area contributed by atoms with Gasteiger partial charge < -0.3 is 9.88 Å².